The van der Waals surface area contributed by atoms with Crippen LogP contribution in [-0.2, 0) is 19.2 Å². The Morgan fingerprint density at radius 3 is 2.62 bits per heavy atom. The maximum atomic E-state index is 12.7. The van der Waals surface area contributed by atoms with Gasteiger partial charge in [-0.1, -0.05) is 29.4 Å². The van der Waals surface area contributed by atoms with Crippen LogP contribution < -0.4 is 5.73 Å². The number of benzene rings is 1. The molecule has 1 aromatic carbocycles. The van der Waals surface area contributed by atoms with Gasteiger partial charge in [0.15, 0.2) is 0 Å². The van der Waals surface area contributed by atoms with E-state index in [-0.39, 0.29) is 44.0 Å². The van der Waals surface area contributed by atoms with Crippen molar-refractivity contribution in [2.75, 3.05) is 6.54 Å². The summed E-state index contributed by atoms with van der Waals surface area (Å²) in [5.74, 6) is -1.89. The van der Waals surface area contributed by atoms with Crippen molar-refractivity contribution in [3.8, 4) is 0 Å². The summed E-state index contributed by atoms with van der Waals surface area (Å²) in [6, 6.07) is 6.80. The Balaban J connectivity index is 1.69. The molecule has 0 unspecified atom stereocenters. The van der Waals surface area contributed by atoms with Gasteiger partial charge >= 0.3 is 5.97 Å². The summed E-state index contributed by atoms with van der Waals surface area (Å²) in [6.45, 7) is 0.0533. The van der Waals surface area contributed by atoms with Crippen molar-refractivity contribution < 1.29 is 24.3 Å². The molecule has 0 saturated carbocycles. The van der Waals surface area contributed by atoms with Crippen LogP contribution >= 0.6 is 0 Å². The molecular weight excluding hydrogens is 340 g/mol. The number of amides is 2. The summed E-state index contributed by atoms with van der Waals surface area (Å²) in [5.41, 5.74) is 5.91. The van der Waals surface area contributed by atoms with Crippen molar-refractivity contribution in [2.24, 2.45) is 10.9 Å². The third kappa shape index (κ3) is 3.15. The van der Waals surface area contributed by atoms with Crippen molar-refractivity contribution in [2.45, 2.75) is 31.3 Å². The number of imide groups is 1. The van der Waals surface area contributed by atoms with Crippen LogP contribution in [0.15, 0.2) is 29.4 Å². The largest absolute Gasteiger partial charge is 0.481 e. The lowest BCUT2D eigenvalue weighted by molar-refractivity contribution is -0.148. The number of aliphatic carboxylic acids is 1. The van der Waals surface area contributed by atoms with Crippen LogP contribution in [0.1, 0.15) is 36.8 Å². The number of hydrogen-bond acceptors (Lipinski definition) is 6. The number of likely N-dealkylation sites (tertiary alicyclic amines) is 1. The Hall–Kier alpha value is -3.23. The van der Waals surface area contributed by atoms with Crippen LogP contribution in [0.3, 0.4) is 0 Å². The van der Waals surface area contributed by atoms with Crippen molar-refractivity contribution in [1.82, 2.24) is 4.90 Å². The second kappa shape index (κ2) is 6.58. The number of nitrogens with zero attached hydrogens (tertiary/aromatic N) is 2. The van der Waals surface area contributed by atoms with Crippen LogP contribution in [0.4, 0.5) is 0 Å². The van der Waals surface area contributed by atoms with Crippen LogP contribution in [0.2, 0.25) is 0 Å². The number of carbonyl (C=O) groups excluding carboxylic acids is 2. The predicted molar refractivity (Wildman–Crippen MR) is 90.6 cm³/mol. The van der Waals surface area contributed by atoms with Gasteiger partial charge in [-0.2, -0.15) is 0 Å². The third-order valence-corrected chi connectivity index (χ3v) is 4.46. The fourth-order valence-electron chi connectivity index (χ4n) is 3.07. The van der Waals surface area contributed by atoms with Crippen LogP contribution in [0.5, 0.6) is 0 Å². The van der Waals surface area contributed by atoms with Gasteiger partial charge in [0.1, 0.15) is 5.84 Å². The van der Waals surface area contributed by atoms with Gasteiger partial charge in [0.2, 0.25) is 11.5 Å². The van der Waals surface area contributed by atoms with E-state index < -0.39 is 17.5 Å². The van der Waals surface area contributed by atoms with E-state index in [1.54, 1.807) is 24.3 Å². The molecule has 9 heteroatoms. The van der Waals surface area contributed by atoms with Gasteiger partial charge in [0.25, 0.3) is 5.91 Å². The first-order chi connectivity index (χ1) is 12.3. The van der Waals surface area contributed by atoms with E-state index in [9.17, 15) is 14.4 Å². The Bertz CT molecular complexity index is 817. The van der Waals surface area contributed by atoms with E-state index in [0.717, 1.165) is 10.5 Å². The van der Waals surface area contributed by atoms with Crippen LogP contribution in [-0.4, -0.2) is 51.5 Å². The quantitative estimate of drug-likeness (QED) is 0.382. The highest BCUT2D eigenvalue weighted by Gasteiger charge is 2.57. The van der Waals surface area contributed by atoms with Gasteiger partial charge < -0.3 is 15.7 Å². The molecule has 1 atom stereocenters. The lowest BCUT2D eigenvalue weighted by Gasteiger charge is -2.19. The highest BCUT2D eigenvalue weighted by Crippen LogP contribution is 2.37. The fourth-order valence-corrected chi connectivity index (χ4v) is 3.07. The Morgan fingerprint density at radius 1 is 1.31 bits per heavy atom. The van der Waals surface area contributed by atoms with Crippen molar-refractivity contribution >= 4 is 29.3 Å². The number of carboxylic acids is 1. The maximum absolute atomic E-state index is 12.7. The summed E-state index contributed by atoms with van der Waals surface area (Å²) in [5, 5.41) is 20.1. The summed E-state index contributed by atoms with van der Waals surface area (Å²) in [6.07, 6.45) is 0.127. The molecule has 26 heavy (non-hydrogen) atoms. The monoisotopic (exact) mass is 358 g/mol. The summed E-state index contributed by atoms with van der Waals surface area (Å²) in [4.78, 5) is 41.9. The molecule has 0 bridgehead atoms. The van der Waals surface area contributed by atoms with Gasteiger partial charge in [0.05, 0.1) is 12.1 Å². The minimum Gasteiger partial charge on any atom is -0.481 e. The average molecular weight is 358 g/mol. The van der Waals surface area contributed by atoms with Crippen molar-refractivity contribution in [1.29, 1.82) is 5.41 Å². The molecule has 2 aliphatic rings. The number of rotatable bonds is 6. The number of oxime groups is 1. The number of nitrogens with two attached hydrogens (primary N) is 1. The maximum Gasteiger partial charge on any atom is 0.303 e. The molecule has 2 aliphatic heterocycles. The molecule has 2 heterocycles. The molecule has 0 aromatic heterocycles. The zero-order chi connectivity index (χ0) is 18.9. The first-order valence-corrected chi connectivity index (χ1v) is 8.09. The molecular formula is C17H18N4O5. The highest BCUT2D eigenvalue weighted by molar-refractivity contribution is 6.13. The lowest BCUT2D eigenvalue weighted by Crippen LogP contribution is -2.41. The topological polar surface area (TPSA) is 146 Å². The Kier molecular flexibility index (Phi) is 4.45. The average Bonchev–Trinajstić information content (AvgIpc) is 3.12. The highest BCUT2D eigenvalue weighted by atomic mass is 16.7. The molecule has 4 N–H and O–H groups in total. The summed E-state index contributed by atoms with van der Waals surface area (Å²) >= 11 is 0. The van der Waals surface area contributed by atoms with E-state index in [4.69, 9.17) is 21.1 Å². The number of nitrogens with one attached hydrogen (secondary N) is 1. The second-order valence-electron chi connectivity index (χ2n) is 6.32. The van der Waals surface area contributed by atoms with E-state index in [0.29, 0.717) is 11.3 Å². The first-order valence-electron chi connectivity index (χ1n) is 8.09. The minimum absolute atomic E-state index is 0.0498. The van der Waals surface area contributed by atoms with E-state index in [1.165, 1.54) is 0 Å². The molecule has 1 fully saturated rings. The first kappa shape index (κ1) is 17.6. The molecule has 0 radical (unpaired) electrons. The Labute approximate surface area is 148 Å². The van der Waals surface area contributed by atoms with Gasteiger partial charge in [-0.25, -0.2) is 0 Å². The zero-order valence-electron chi connectivity index (χ0n) is 13.9. The molecule has 1 spiro atoms. The molecule has 1 aromatic rings. The van der Waals surface area contributed by atoms with Gasteiger partial charge in [-0.3, -0.25) is 24.7 Å². The lowest BCUT2D eigenvalue weighted by atomic mass is 9.92. The Morgan fingerprint density at radius 2 is 2.00 bits per heavy atom. The second-order valence-corrected chi connectivity index (χ2v) is 6.32. The van der Waals surface area contributed by atoms with Gasteiger partial charge in [-0.05, 0) is 12.0 Å². The van der Waals surface area contributed by atoms with E-state index in [2.05, 4.69) is 5.16 Å². The van der Waals surface area contributed by atoms with Gasteiger partial charge in [-0.15, -0.1) is 0 Å². The third-order valence-electron chi connectivity index (χ3n) is 4.46. The molecule has 0 aliphatic carbocycles. The SMILES string of the molecule is N=C(N)c1ccc(C2=NO[C@]3(CC(=O)N(CCCC(=O)O)C3=O)C2)cc1. The molecule has 2 amide bonds. The van der Waals surface area contributed by atoms with Crippen molar-refractivity contribution in [3.63, 3.8) is 0 Å². The van der Waals surface area contributed by atoms with Crippen LogP contribution in [0.25, 0.3) is 0 Å². The molecule has 9 nitrogen and oxygen atoms in total. The summed E-state index contributed by atoms with van der Waals surface area (Å²) in [7, 11) is 0. The number of carbonyl (C=O) groups is 3. The minimum atomic E-state index is -1.34. The van der Waals surface area contributed by atoms with E-state index in [1.807, 2.05) is 0 Å². The fraction of sp³-hybridized carbons (Fsp3) is 0.353. The molecule has 136 valence electrons. The predicted octanol–water partition coefficient (Wildman–Crippen LogP) is 0.458. The molecule has 3 rings (SSSR count). The van der Waals surface area contributed by atoms with Crippen LogP contribution in [0, 0.1) is 5.41 Å². The summed E-state index contributed by atoms with van der Waals surface area (Å²) < 4.78 is 0. The number of amidine groups is 1. The number of nitrogen functional groups attached to an aromatic ring is 1. The zero-order valence-corrected chi connectivity index (χ0v) is 13.9. The molecule has 1 saturated heterocycles. The number of carboxylic acid groups (broad SMARTS) is 1. The normalized spacial score (nSPS) is 21.8. The standard InChI is InChI=1S/C17H18N4O5/c18-15(19)11-5-3-10(4-6-11)12-8-17(26-20-12)9-13(22)21(16(17)25)7-1-2-14(23)24/h3-6H,1-2,7-9H2,(H3,18,19)(H,23,24)/t17-/m0/s1. The van der Waals surface area contributed by atoms with E-state index >= 15 is 0 Å². The van der Waals surface area contributed by atoms with Gasteiger partial charge in [0, 0.05) is 24.9 Å². The number of hydrogen-bond donors (Lipinski definition) is 3. The smallest absolute Gasteiger partial charge is 0.303 e. The van der Waals surface area contributed by atoms with Crippen molar-refractivity contribution in [3.05, 3.63) is 35.4 Å².